The molecule has 1 fully saturated rings. The summed E-state index contributed by atoms with van der Waals surface area (Å²) in [5, 5.41) is 6.85. The van der Waals surface area contributed by atoms with Crippen LogP contribution in [0.25, 0.3) is 0 Å². The molecule has 0 bridgehead atoms. The second kappa shape index (κ2) is 12.7. The number of hydrogen-bond acceptors (Lipinski definition) is 3. The minimum atomic E-state index is -0.139. The lowest BCUT2D eigenvalue weighted by Crippen LogP contribution is -2.40. The van der Waals surface area contributed by atoms with E-state index >= 15 is 0 Å². The molecule has 1 aromatic carbocycles. The fourth-order valence-corrected chi connectivity index (χ4v) is 4.01. The summed E-state index contributed by atoms with van der Waals surface area (Å²) in [6, 6.07) is 8.92. The molecule has 0 aromatic heterocycles. The molecule has 0 unspecified atom stereocenters. The standard InChI is InChI=1S/C25H43N5O/c1-5-20-9-11-22(12-10-20)25(3,4)19-29-24(27-6-2)28-15-7-8-16-30-17-13-21(14-18-30)23(26)31/h9-12,21H,5-8,13-19H2,1-4H3,(H2,26,31)(H2,27,28,29). The van der Waals surface area contributed by atoms with Gasteiger partial charge in [0.15, 0.2) is 5.96 Å². The van der Waals surface area contributed by atoms with Gasteiger partial charge in [0, 0.05) is 24.4 Å². The monoisotopic (exact) mass is 429 g/mol. The third-order valence-corrected chi connectivity index (χ3v) is 6.30. The van der Waals surface area contributed by atoms with E-state index in [0.29, 0.717) is 0 Å². The number of guanidine groups is 1. The first-order chi connectivity index (χ1) is 14.9. The van der Waals surface area contributed by atoms with Crippen LogP contribution in [0.1, 0.15) is 64.5 Å². The van der Waals surface area contributed by atoms with Gasteiger partial charge >= 0.3 is 0 Å². The van der Waals surface area contributed by atoms with Gasteiger partial charge in [-0.2, -0.15) is 0 Å². The molecular weight excluding hydrogens is 386 g/mol. The summed E-state index contributed by atoms with van der Waals surface area (Å²) in [5.41, 5.74) is 8.10. The first-order valence-corrected chi connectivity index (χ1v) is 12.0. The Bertz CT molecular complexity index is 690. The van der Waals surface area contributed by atoms with Crippen molar-refractivity contribution in [3.05, 3.63) is 35.4 Å². The van der Waals surface area contributed by atoms with Gasteiger partial charge in [0.25, 0.3) is 0 Å². The van der Waals surface area contributed by atoms with Crippen LogP contribution in [0.4, 0.5) is 0 Å². The fourth-order valence-electron chi connectivity index (χ4n) is 4.01. The molecule has 4 N–H and O–H groups in total. The summed E-state index contributed by atoms with van der Waals surface area (Å²) in [5.74, 6) is 0.828. The lowest BCUT2D eigenvalue weighted by Gasteiger charge is -2.30. The molecule has 1 heterocycles. The highest BCUT2D eigenvalue weighted by atomic mass is 16.1. The van der Waals surface area contributed by atoms with E-state index in [1.54, 1.807) is 0 Å². The van der Waals surface area contributed by atoms with Gasteiger partial charge in [-0.05, 0) is 69.8 Å². The summed E-state index contributed by atoms with van der Waals surface area (Å²) in [6.07, 6.45) is 5.12. The van der Waals surface area contributed by atoms with E-state index in [9.17, 15) is 4.79 Å². The Kier molecular flexibility index (Phi) is 10.3. The predicted molar refractivity (Wildman–Crippen MR) is 130 cm³/mol. The van der Waals surface area contributed by atoms with Gasteiger partial charge in [0.05, 0.1) is 6.54 Å². The maximum absolute atomic E-state index is 11.3. The highest BCUT2D eigenvalue weighted by Crippen LogP contribution is 2.24. The van der Waals surface area contributed by atoms with E-state index in [0.717, 1.165) is 77.3 Å². The van der Waals surface area contributed by atoms with E-state index in [-0.39, 0.29) is 17.2 Å². The Labute approximate surface area is 189 Å². The number of nitrogens with zero attached hydrogens (tertiary/aromatic N) is 2. The van der Waals surface area contributed by atoms with Gasteiger partial charge in [-0.15, -0.1) is 0 Å². The Hall–Kier alpha value is -2.08. The van der Waals surface area contributed by atoms with Crippen LogP contribution in [-0.2, 0) is 16.6 Å². The molecule has 0 spiro atoms. The Balaban J connectivity index is 1.73. The number of carbonyl (C=O) groups is 1. The second-order valence-corrected chi connectivity index (χ2v) is 9.28. The molecule has 31 heavy (non-hydrogen) atoms. The lowest BCUT2D eigenvalue weighted by atomic mass is 9.84. The number of nitrogens with two attached hydrogens (primary N) is 1. The quantitative estimate of drug-likeness (QED) is 0.287. The number of rotatable bonds is 11. The topological polar surface area (TPSA) is 82.8 Å². The predicted octanol–water partition coefficient (Wildman–Crippen LogP) is 3.06. The van der Waals surface area contributed by atoms with Crippen LogP contribution in [0.3, 0.4) is 0 Å². The first-order valence-electron chi connectivity index (χ1n) is 12.0. The van der Waals surface area contributed by atoms with Crippen molar-refractivity contribution in [2.45, 2.75) is 65.2 Å². The van der Waals surface area contributed by atoms with E-state index in [2.05, 4.69) is 67.5 Å². The van der Waals surface area contributed by atoms with Crippen molar-refractivity contribution in [1.29, 1.82) is 0 Å². The summed E-state index contributed by atoms with van der Waals surface area (Å²) in [6.45, 7) is 14.3. The van der Waals surface area contributed by atoms with Gasteiger partial charge < -0.3 is 21.3 Å². The van der Waals surface area contributed by atoms with Gasteiger partial charge in [-0.1, -0.05) is 45.0 Å². The van der Waals surface area contributed by atoms with E-state index in [1.165, 1.54) is 11.1 Å². The average molecular weight is 430 g/mol. The molecule has 6 heteroatoms. The average Bonchev–Trinajstić information content (AvgIpc) is 2.77. The van der Waals surface area contributed by atoms with Crippen molar-refractivity contribution in [3.8, 4) is 0 Å². The number of aliphatic imine (C=N–C) groups is 1. The van der Waals surface area contributed by atoms with Crippen LogP contribution >= 0.6 is 0 Å². The third-order valence-electron chi connectivity index (χ3n) is 6.30. The molecule has 1 aromatic rings. The van der Waals surface area contributed by atoms with Crippen molar-refractivity contribution in [3.63, 3.8) is 0 Å². The van der Waals surface area contributed by atoms with Crippen molar-refractivity contribution in [2.75, 3.05) is 39.3 Å². The molecule has 0 aliphatic carbocycles. The fraction of sp³-hybridized carbons (Fsp3) is 0.680. The molecule has 0 radical (unpaired) electrons. The van der Waals surface area contributed by atoms with Crippen molar-refractivity contribution in [2.24, 2.45) is 16.6 Å². The van der Waals surface area contributed by atoms with E-state index < -0.39 is 0 Å². The van der Waals surface area contributed by atoms with Gasteiger partial charge in [0.2, 0.25) is 5.91 Å². The number of primary amides is 1. The van der Waals surface area contributed by atoms with E-state index in [4.69, 9.17) is 10.7 Å². The van der Waals surface area contributed by atoms with Gasteiger partial charge in [-0.3, -0.25) is 9.79 Å². The number of amides is 1. The minimum Gasteiger partial charge on any atom is -0.369 e. The SMILES string of the molecule is CCNC(=NCC(C)(C)c1ccc(CC)cc1)NCCCCN1CCC(C(N)=O)CC1. The summed E-state index contributed by atoms with van der Waals surface area (Å²) in [7, 11) is 0. The van der Waals surface area contributed by atoms with Crippen molar-refractivity contribution >= 4 is 11.9 Å². The summed E-state index contributed by atoms with van der Waals surface area (Å²) >= 11 is 0. The number of likely N-dealkylation sites (tertiary alicyclic amines) is 1. The number of benzene rings is 1. The van der Waals surface area contributed by atoms with Crippen LogP contribution in [0, 0.1) is 5.92 Å². The smallest absolute Gasteiger partial charge is 0.220 e. The number of aryl methyl sites for hydroxylation is 1. The zero-order chi connectivity index (χ0) is 22.7. The summed E-state index contributed by atoms with van der Waals surface area (Å²) < 4.78 is 0. The number of nitrogens with one attached hydrogen (secondary N) is 2. The molecule has 1 saturated heterocycles. The van der Waals surface area contributed by atoms with Gasteiger partial charge in [-0.25, -0.2) is 0 Å². The largest absolute Gasteiger partial charge is 0.369 e. The Morgan fingerprint density at radius 1 is 1.13 bits per heavy atom. The van der Waals surface area contributed by atoms with E-state index in [1.807, 2.05) is 0 Å². The zero-order valence-electron chi connectivity index (χ0n) is 20.0. The maximum Gasteiger partial charge on any atom is 0.220 e. The number of unbranched alkanes of at least 4 members (excludes halogenated alkanes) is 1. The second-order valence-electron chi connectivity index (χ2n) is 9.28. The Morgan fingerprint density at radius 3 is 2.39 bits per heavy atom. The zero-order valence-corrected chi connectivity index (χ0v) is 20.0. The molecule has 1 aliphatic rings. The maximum atomic E-state index is 11.3. The number of hydrogen-bond donors (Lipinski definition) is 3. The number of carbonyl (C=O) groups excluding carboxylic acids is 1. The Morgan fingerprint density at radius 2 is 1.81 bits per heavy atom. The molecule has 0 atom stereocenters. The third kappa shape index (κ3) is 8.52. The van der Waals surface area contributed by atoms with Crippen molar-refractivity contribution < 1.29 is 4.79 Å². The minimum absolute atomic E-state index is 0.00828. The molecule has 1 amide bonds. The molecule has 2 rings (SSSR count). The van der Waals surface area contributed by atoms with Gasteiger partial charge in [0.1, 0.15) is 0 Å². The molecule has 174 valence electrons. The van der Waals surface area contributed by atoms with Crippen LogP contribution in [0.2, 0.25) is 0 Å². The molecule has 1 aliphatic heterocycles. The molecular formula is C25H43N5O. The number of piperidine rings is 1. The van der Waals surface area contributed by atoms with Crippen LogP contribution in [-0.4, -0.2) is 56.0 Å². The van der Waals surface area contributed by atoms with Crippen LogP contribution in [0.15, 0.2) is 29.3 Å². The molecule has 0 saturated carbocycles. The van der Waals surface area contributed by atoms with Crippen LogP contribution in [0.5, 0.6) is 0 Å². The highest BCUT2D eigenvalue weighted by Gasteiger charge is 2.22. The van der Waals surface area contributed by atoms with Crippen LogP contribution < -0.4 is 16.4 Å². The highest BCUT2D eigenvalue weighted by molar-refractivity contribution is 5.79. The first kappa shape index (κ1) is 25.2. The molecule has 6 nitrogen and oxygen atoms in total. The lowest BCUT2D eigenvalue weighted by molar-refractivity contribution is -0.123. The normalized spacial score (nSPS) is 16.3. The van der Waals surface area contributed by atoms with Crippen molar-refractivity contribution in [1.82, 2.24) is 15.5 Å². The summed E-state index contributed by atoms with van der Waals surface area (Å²) in [4.78, 5) is 18.6.